The number of carboxylic acids is 1. The van der Waals surface area contributed by atoms with Gasteiger partial charge < -0.3 is 10.4 Å². The molecule has 0 heterocycles. The summed E-state index contributed by atoms with van der Waals surface area (Å²) in [5.74, 6) is -0.762. The van der Waals surface area contributed by atoms with E-state index in [0.717, 1.165) is 29.0 Å². The molecule has 0 radical (unpaired) electrons. The molecule has 0 bridgehead atoms. The molecule has 0 atom stereocenters. The maximum absolute atomic E-state index is 10.6. The number of nitrogens with one attached hydrogen (secondary N) is 1. The highest BCUT2D eigenvalue weighted by Crippen LogP contribution is 2.24. The van der Waals surface area contributed by atoms with Crippen molar-refractivity contribution >= 4 is 23.0 Å². The number of azo groups is 1. The maximum Gasteiger partial charge on any atom is 0.303 e. The molecule has 0 saturated carbocycles. The van der Waals surface area contributed by atoms with Crippen molar-refractivity contribution in [2.45, 2.75) is 110 Å². The predicted molar refractivity (Wildman–Crippen MR) is 152 cm³/mol. The van der Waals surface area contributed by atoms with Crippen LogP contribution in [0.2, 0.25) is 0 Å². The molecule has 5 nitrogen and oxygen atoms in total. The van der Waals surface area contributed by atoms with Crippen LogP contribution in [0.1, 0.15) is 108 Å². The molecule has 2 aromatic rings. The zero-order valence-corrected chi connectivity index (χ0v) is 22.6. The molecular formula is C31H47N3O2. The highest BCUT2D eigenvalue weighted by atomic mass is 16.4. The van der Waals surface area contributed by atoms with E-state index >= 15 is 0 Å². The van der Waals surface area contributed by atoms with Gasteiger partial charge in [0.05, 0.1) is 11.4 Å². The van der Waals surface area contributed by atoms with E-state index in [0.29, 0.717) is 13.0 Å². The second-order valence-electron chi connectivity index (χ2n) is 9.93. The molecule has 0 amide bonds. The van der Waals surface area contributed by atoms with Crippen LogP contribution < -0.4 is 5.32 Å². The summed E-state index contributed by atoms with van der Waals surface area (Å²) < 4.78 is 0. The van der Waals surface area contributed by atoms with Crippen LogP contribution in [-0.4, -0.2) is 17.6 Å². The molecule has 198 valence electrons. The van der Waals surface area contributed by atoms with E-state index in [1.54, 1.807) is 0 Å². The van der Waals surface area contributed by atoms with E-state index in [1.165, 1.54) is 82.6 Å². The Kier molecular flexibility index (Phi) is 15.2. The molecule has 0 aliphatic carbocycles. The van der Waals surface area contributed by atoms with Gasteiger partial charge in [-0.3, -0.25) is 4.79 Å². The van der Waals surface area contributed by atoms with E-state index in [9.17, 15) is 4.79 Å². The Bertz CT molecular complexity index is 893. The molecular weight excluding hydrogens is 446 g/mol. The van der Waals surface area contributed by atoms with Gasteiger partial charge >= 0.3 is 5.97 Å². The highest BCUT2D eigenvalue weighted by Gasteiger charge is 2.02. The minimum absolute atomic E-state index is 0.177. The topological polar surface area (TPSA) is 74.0 Å². The van der Waals surface area contributed by atoms with Crippen LogP contribution >= 0.6 is 0 Å². The fourth-order valence-corrected chi connectivity index (χ4v) is 4.39. The SMILES string of the molecule is CCCCCCCCCCCCCCc1ccc(N=Nc2ccc(NCCCC(=O)O)c(C)c2)cc1. The van der Waals surface area contributed by atoms with Gasteiger partial charge in [-0.1, -0.05) is 89.7 Å². The second kappa shape index (κ2) is 18.6. The van der Waals surface area contributed by atoms with Gasteiger partial charge in [0, 0.05) is 18.7 Å². The monoisotopic (exact) mass is 493 g/mol. The molecule has 0 aromatic heterocycles. The smallest absolute Gasteiger partial charge is 0.303 e. The van der Waals surface area contributed by atoms with E-state index in [1.807, 2.05) is 37.3 Å². The van der Waals surface area contributed by atoms with E-state index in [2.05, 4.69) is 34.6 Å². The van der Waals surface area contributed by atoms with Gasteiger partial charge in [0.2, 0.25) is 0 Å². The number of carboxylic acid groups (broad SMARTS) is 1. The summed E-state index contributed by atoms with van der Waals surface area (Å²) in [5, 5.41) is 20.8. The van der Waals surface area contributed by atoms with Gasteiger partial charge in [0.1, 0.15) is 0 Å². The number of aliphatic carboxylic acids is 1. The molecule has 36 heavy (non-hydrogen) atoms. The highest BCUT2D eigenvalue weighted by molar-refractivity contribution is 5.66. The zero-order valence-electron chi connectivity index (χ0n) is 22.6. The zero-order chi connectivity index (χ0) is 25.8. The van der Waals surface area contributed by atoms with Crippen molar-refractivity contribution in [1.82, 2.24) is 0 Å². The number of unbranched alkanes of at least 4 members (excludes halogenated alkanes) is 11. The number of aryl methyl sites for hydroxylation is 2. The molecule has 0 unspecified atom stereocenters. The molecule has 2 N–H and O–H groups in total. The van der Waals surface area contributed by atoms with Crippen molar-refractivity contribution in [1.29, 1.82) is 0 Å². The minimum atomic E-state index is -0.762. The summed E-state index contributed by atoms with van der Waals surface area (Å²) in [6.07, 6.45) is 18.5. The van der Waals surface area contributed by atoms with Crippen molar-refractivity contribution in [3.8, 4) is 0 Å². The number of benzene rings is 2. The van der Waals surface area contributed by atoms with Crippen molar-refractivity contribution in [2.24, 2.45) is 10.2 Å². The van der Waals surface area contributed by atoms with Gasteiger partial charge in [-0.25, -0.2) is 0 Å². The fourth-order valence-electron chi connectivity index (χ4n) is 4.39. The van der Waals surface area contributed by atoms with Gasteiger partial charge in [-0.15, -0.1) is 0 Å². The van der Waals surface area contributed by atoms with Crippen LogP contribution in [0.3, 0.4) is 0 Å². The van der Waals surface area contributed by atoms with Crippen molar-refractivity contribution < 1.29 is 9.90 Å². The minimum Gasteiger partial charge on any atom is -0.481 e. The molecule has 0 spiro atoms. The molecule has 2 rings (SSSR count). The first-order valence-corrected chi connectivity index (χ1v) is 14.2. The second-order valence-corrected chi connectivity index (χ2v) is 9.93. The Hall–Kier alpha value is -2.69. The Balaban J connectivity index is 1.60. The largest absolute Gasteiger partial charge is 0.481 e. The van der Waals surface area contributed by atoms with Gasteiger partial charge in [-0.2, -0.15) is 10.2 Å². The molecule has 2 aromatic carbocycles. The standard InChI is InChI=1S/C31H47N3O2/c1-3-4-5-6-7-8-9-10-11-12-13-14-16-27-18-20-28(21-19-27)33-34-29-22-23-30(26(2)25-29)32-24-15-17-31(35)36/h18-23,25,32H,3-17,24H2,1-2H3,(H,35,36). The van der Waals surface area contributed by atoms with Crippen LogP contribution in [-0.2, 0) is 11.2 Å². The van der Waals surface area contributed by atoms with Crippen molar-refractivity contribution in [2.75, 3.05) is 11.9 Å². The van der Waals surface area contributed by atoms with Crippen LogP contribution in [0.5, 0.6) is 0 Å². The van der Waals surface area contributed by atoms with Gasteiger partial charge in [0.15, 0.2) is 0 Å². The summed E-state index contributed by atoms with van der Waals surface area (Å²) in [7, 11) is 0. The van der Waals surface area contributed by atoms with Gasteiger partial charge in [-0.05, 0) is 67.6 Å². The summed E-state index contributed by atoms with van der Waals surface area (Å²) >= 11 is 0. The molecule has 0 aliphatic heterocycles. The Morgan fingerprint density at radius 2 is 1.31 bits per heavy atom. The number of anilines is 1. The van der Waals surface area contributed by atoms with Crippen LogP contribution in [0.4, 0.5) is 17.1 Å². The number of hydrogen-bond donors (Lipinski definition) is 2. The summed E-state index contributed by atoms with van der Waals surface area (Å²) in [4.78, 5) is 10.6. The Morgan fingerprint density at radius 1 is 0.750 bits per heavy atom. The Morgan fingerprint density at radius 3 is 1.89 bits per heavy atom. The molecule has 0 fully saturated rings. The van der Waals surface area contributed by atoms with E-state index in [-0.39, 0.29) is 6.42 Å². The lowest BCUT2D eigenvalue weighted by molar-refractivity contribution is -0.137. The van der Waals surface area contributed by atoms with Crippen LogP contribution in [0.15, 0.2) is 52.7 Å². The number of hydrogen-bond acceptors (Lipinski definition) is 4. The van der Waals surface area contributed by atoms with Crippen molar-refractivity contribution in [3.63, 3.8) is 0 Å². The van der Waals surface area contributed by atoms with E-state index in [4.69, 9.17) is 5.11 Å². The third-order valence-electron chi connectivity index (χ3n) is 6.63. The average molecular weight is 494 g/mol. The third kappa shape index (κ3) is 13.4. The fraction of sp³-hybridized carbons (Fsp3) is 0.581. The average Bonchev–Trinajstić information content (AvgIpc) is 2.87. The van der Waals surface area contributed by atoms with Crippen LogP contribution in [0.25, 0.3) is 0 Å². The van der Waals surface area contributed by atoms with Gasteiger partial charge in [0.25, 0.3) is 0 Å². The van der Waals surface area contributed by atoms with E-state index < -0.39 is 5.97 Å². The normalized spacial score (nSPS) is 11.3. The van der Waals surface area contributed by atoms with Crippen molar-refractivity contribution in [3.05, 3.63) is 53.6 Å². The molecule has 0 aliphatic rings. The first-order valence-electron chi connectivity index (χ1n) is 14.2. The summed E-state index contributed by atoms with van der Waals surface area (Å²) in [5.41, 5.74) is 5.11. The summed E-state index contributed by atoms with van der Waals surface area (Å²) in [6.45, 7) is 4.93. The molecule has 5 heteroatoms. The Labute approximate surface area is 218 Å². The van der Waals surface area contributed by atoms with Crippen LogP contribution in [0, 0.1) is 6.92 Å². The lowest BCUT2D eigenvalue weighted by Crippen LogP contribution is -2.05. The first kappa shape index (κ1) is 29.5. The summed E-state index contributed by atoms with van der Waals surface area (Å²) in [6, 6.07) is 14.3. The maximum atomic E-state index is 10.6. The number of nitrogens with zero attached hydrogens (tertiary/aromatic N) is 2. The quantitative estimate of drug-likeness (QED) is 0.142. The number of carbonyl (C=O) groups is 1. The lowest BCUT2D eigenvalue weighted by Gasteiger charge is -2.09. The lowest BCUT2D eigenvalue weighted by atomic mass is 10.0. The molecule has 0 saturated heterocycles. The number of rotatable bonds is 20. The predicted octanol–water partition coefficient (Wildman–Crippen LogP) is 9.93. The third-order valence-corrected chi connectivity index (χ3v) is 6.63. The first-order chi connectivity index (χ1) is 17.6.